The lowest BCUT2D eigenvalue weighted by molar-refractivity contribution is -0.171. The van der Waals surface area contributed by atoms with Crippen molar-refractivity contribution < 1.29 is 19.1 Å². The van der Waals surface area contributed by atoms with Gasteiger partial charge in [0, 0.05) is 53.7 Å². The molecule has 5 rings (SSSR count). The van der Waals surface area contributed by atoms with E-state index in [-0.39, 0.29) is 24.6 Å². The fraction of sp³-hybridized carbons (Fsp3) is 0.207. The largest absolute Gasteiger partial charge is 0.495 e. The fourth-order valence-electron chi connectivity index (χ4n) is 5.02. The maximum atomic E-state index is 14.1. The van der Waals surface area contributed by atoms with Gasteiger partial charge in [-0.2, -0.15) is 0 Å². The second-order valence-corrected chi connectivity index (χ2v) is 10.9. The van der Waals surface area contributed by atoms with Crippen molar-refractivity contribution in [2.24, 2.45) is 5.41 Å². The molecule has 0 radical (unpaired) electrons. The van der Waals surface area contributed by atoms with Crippen molar-refractivity contribution in [2.45, 2.75) is 17.7 Å². The molecular formula is C29H27ClFN5O3S. The van der Waals surface area contributed by atoms with Gasteiger partial charge in [-0.1, -0.05) is 27.8 Å². The average Bonchev–Trinajstić information content (AvgIpc) is 2.98. The highest BCUT2D eigenvalue weighted by molar-refractivity contribution is 7.96. The van der Waals surface area contributed by atoms with Gasteiger partial charge in [0.05, 0.1) is 17.5 Å². The molecule has 0 saturated carbocycles. The molecule has 0 spiro atoms. The lowest BCUT2D eigenvalue weighted by Gasteiger charge is -2.47. The number of hydrazine groups is 1. The van der Waals surface area contributed by atoms with Gasteiger partial charge < -0.3 is 15.5 Å². The van der Waals surface area contributed by atoms with E-state index in [1.807, 2.05) is 6.08 Å². The second-order valence-electron chi connectivity index (χ2n) is 9.47. The van der Waals surface area contributed by atoms with Crippen molar-refractivity contribution in [1.82, 2.24) is 14.6 Å². The predicted octanol–water partition coefficient (Wildman–Crippen LogP) is 6.42. The number of nitrogens with one attached hydrogen (secondary N) is 2. The third kappa shape index (κ3) is 5.67. The van der Waals surface area contributed by atoms with Crippen molar-refractivity contribution in [3.05, 3.63) is 106 Å². The van der Waals surface area contributed by atoms with Crippen LogP contribution < -0.4 is 10.1 Å². The zero-order valence-electron chi connectivity index (χ0n) is 21.6. The highest BCUT2D eigenvalue weighted by Gasteiger charge is 2.50. The van der Waals surface area contributed by atoms with Gasteiger partial charge in [-0.3, -0.25) is 15.0 Å². The van der Waals surface area contributed by atoms with E-state index in [1.54, 1.807) is 59.7 Å². The summed E-state index contributed by atoms with van der Waals surface area (Å²) in [7, 11) is 1.53. The van der Waals surface area contributed by atoms with Crippen molar-refractivity contribution >= 4 is 41.2 Å². The summed E-state index contributed by atoms with van der Waals surface area (Å²) in [5, 5.41) is 24.7. The topological polar surface area (TPSA) is 102 Å². The molecule has 8 nitrogen and oxygen atoms in total. The van der Waals surface area contributed by atoms with Crippen LogP contribution in [-0.4, -0.2) is 52.0 Å². The van der Waals surface area contributed by atoms with Crippen LogP contribution >= 0.6 is 23.5 Å². The SMILES string of the molecule is COc1ccc(SN(O)N2CCC3=CC(Nc4ccc(F)cc4)=C(C=N)CC3(C(=O)c3ccccn3)C2)cc1Cl. The van der Waals surface area contributed by atoms with E-state index < -0.39 is 5.41 Å². The Morgan fingerprint density at radius 1 is 1.27 bits per heavy atom. The Morgan fingerprint density at radius 2 is 2.08 bits per heavy atom. The molecule has 11 heteroatoms. The molecule has 206 valence electrons. The number of carbonyl (C=O) groups excluding carboxylic acids is 1. The Labute approximate surface area is 240 Å². The van der Waals surface area contributed by atoms with Crippen LogP contribution in [-0.2, 0) is 0 Å². The van der Waals surface area contributed by atoms with E-state index in [1.165, 1.54) is 25.5 Å². The summed E-state index contributed by atoms with van der Waals surface area (Å²) in [6.45, 7) is 0.614. The summed E-state index contributed by atoms with van der Waals surface area (Å²) in [4.78, 5) is 19.1. The molecule has 1 aliphatic carbocycles. The highest BCUT2D eigenvalue weighted by Crippen LogP contribution is 2.47. The zero-order valence-corrected chi connectivity index (χ0v) is 23.2. The number of rotatable bonds is 9. The van der Waals surface area contributed by atoms with Crippen molar-refractivity contribution in [1.29, 1.82) is 5.41 Å². The Balaban J connectivity index is 1.46. The Hall–Kier alpha value is -3.54. The van der Waals surface area contributed by atoms with Crippen LogP contribution in [0.2, 0.25) is 5.02 Å². The van der Waals surface area contributed by atoms with E-state index in [4.69, 9.17) is 21.7 Å². The minimum atomic E-state index is -1.06. The molecule has 1 aliphatic heterocycles. The number of ether oxygens (including phenoxy) is 1. The third-order valence-corrected chi connectivity index (χ3v) is 8.20. The molecule has 1 aromatic heterocycles. The van der Waals surface area contributed by atoms with Crippen LogP contribution in [0, 0.1) is 16.6 Å². The summed E-state index contributed by atoms with van der Waals surface area (Å²) >= 11 is 7.34. The van der Waals surface area contributed by atoms with Crippen molar-refractivity contribution in [3.8, 4) is 5.75 Å². The molecular weight excluding hydrogens is 553 g/mol. The molecule has 3 aromatic rings. The van der Waals surface area contributed by atoms with E-state index in [2.05, 4.69) is 10.3 Å². The van der Waals surface area contributed by atoms with Gasteiger partial charge in [0.25, 0.3) is 0 Å². The number of hydrogen-bond acceptors (Lipinski definition) is 9. The van der Waals surface area contributed by atoms with Crippen LogP contribution in [0.4, 0.5) is 10.1 Å². The number of allylic oxidation sites excluding steroid dienone is 2. The number of benzene rings is 2. The van der Waals surface area contributed by atoms with Crippen LogP contribution in [0.25, 0.3) is 0 Å². The number of aromatic nitrogens is 1. The van der Waals surface area contributed by atoms with Gasteiger partial charge in [0.1, 0.15) is 17.3 Å². The zero-order chi connectivity index (χ0) is 28.3. The van der Waals surface area contributed by atoms with Crippen LogP contribution in [0.5, 0.6) is 5.75 Å². The molecule has 1 atom stereocenters. The summed E-state index contributed by atoms with van der Waals surface area (Å²) < 4.78 is 19.7. The van der Waals surface area contributed by atoms with Crippen molar-refractivity contribution in [2.75, 3.05) is 25.5 Å². The number of fused-ring (bicyclic) bond motifs is 1. The van der Waals surface area contributed by atoms with Gasteiger partial charge in [0.15, 0.2) is 5.78 Å². The van der Waals surface area contributed by atoms with Crippen LogP contribution in [0.15, 0.2) is 94.7 Å². The van der Waals surface area contributed by atoms with E-state index in [0.29, 0.717) is 51.3 Å². The Morgan fingerprint density at radius 3 is 2.75 bits per heavy atom. The fourth-order valence-corrected chi connectivity index (χ4v) is 6.09. The number of pyridine rings is 1. The minimum Gasteiger partial charge on any atom is -0.495 e. The van der Waals surface area contributed by atoms with Gasteiger partial charge in [-0.25, -0.2) is 9.40 Å². The first kappa shape index (κ1) is 28.0. The summed E-state index contributed by atoms with van der Waals surface area (Å²) in [5.74, 6) is 0.000927. The number of Topliss-reactive ketones (excluding diaryl/α,β-unsaturated/α-hetero) is 1. The second kappa shape index (κ2) is 11.9. The van der Waals surface area contributed by atoms with Gasteiger partial charge in [0.2, 0.25) is 0 Å². The first-order valence-electron chi connectivity index (χ1n) is 12.5. The molecule has 1 fully saturated rings. The third-order valence-electron chi connectivity index (χ3n) is 7.05. The number of nitrogens with zero attached hydrogens (tertiary/aromatic N) is 3. The van der Waals surface area contributed by atoms with Crippen LogP contribution in [0.3, 0.4) is 0 Å². The van der Waals surface area contributed by atoms with Crippen LogP contribution in [0.1, 0.15) is 23.3 Å². The average molecular weight is 580 g/mol. The quantitative estimate of drug-likeness (QED) is 0.116. The van der Waals surface area contributed by atoms with Crippen molar-refractivity contribution in [3.63, 3.8) is 0 Å². The molecule has 2 heterocycles. The lowest BCUT2D eigenvalue weighted by Crippen LogP contribution is -2.54. The summed E-state index contributed by atoms with van der Waals surface area (Å²) in [6.07, 6.45) is 5.43. The summed E-state index contributed by atoms with van der Waals surface area (Å²) in [5.41, 5.74) is 2.08. The predicted molar refractivity (Wildman–Crippen MR) is 153 cm³/mol. The molecule has 1 saturated heterocycles. The molecule has 2 aliphatic rings. The normalized spacial score (nSPS) is 19.2. The molecule has 0 amide bonds. The molecule has 1 unspecified atom stereocenters. The maximum Gasteiger partial charge on any atom is 0.193 e. The molecule has 40 heavy (non-hydrogen) atoms. The monoisotopic (exact) mass is 579 g/mol. The number of hydrogen-bond donors (Lipinski definition) is 3. The number of methoxy groups -OCH3 is 1. The Kier molecular flexibility index (Phi) is 8.34. The number of piperidine rings is 1. The minimum absolute atomic E-state index is 0.169. The van der Waals surface area contributed by atoms with E-state index in [0.717, 1.165) is 22.1 Å². The first-order chi connectivity index (χ1) is 19.3. The van der Waals surface area contributed by atoms with Gasteiger partial charge in [-0.15, -0.1) is 0 Å². The molecule has 2 aromatic carbocycles. The first-order valence-corrected chi connectivity index (χ1v) is 13.7. The van der Waals surface area contributed by atoms with E-state index >= 15 is 0 Å². The number of anilines is 1. The lowest BCUT2D eigenvalue weighted by atomic mass is 9.65. The molecule has 3 N–H and O–H groups in total. The summed E-state index contributed by atoms with van der Waals surface area (Å²) in [6, 6.07) is 16.4. The standard InChI is InChI=1S/C29H27ClFN5O3S/c1-39-27-10-9-23(15-24(27)30)40-36(38)35-13-11-20-14-26(34-22-7-5-21(31)6-8-22)19(17-32)16-29(20,18-35)28(37)25-4-2-3-12-33-25/h2-10,12,14-15,17,32,34,38H,11,13,16,18H2,1H3. The smallest absolute Gasteiger partial charge is 0.193 e. The van der Waals surface area contributed by atoms with Gasteiger partial charge in [-0.05, 0) is 79.1 Å². The Bertz CT molecular complexity index is 1480. The number of ketones is 1. The molecule has 0 bridgehead atoms. The number of halogens is 2. The highest BCUT2D eigenvalue weighted by atomic mass is 35.5. The maximum absolute atomic E-state index is 14.1. The van der Waals surface area contributed by atoms with Gasteiger partial charge >= 0.3 is 0 Å². The van der Waals surface area contributed by atoms with E-state index in [9.17, 15) is 14.4 Å². The number of carbonyl (C=O) groups is 1.